The molecule has 1 amide bonds. The second-order valence-corrected chi connectivity index (χ2v) is 6.74. The zero-order valence-electron chi connectivity index (χ0n) is 17.1. The van der Waals surface area contributed by atoms with E-state index in [1.165, 1.54) is 0 Å². The molecule has 33 heavy (non-hydrogen) atoms. The first-order chi connectivity index (χ1) is 15.9. The number of pyridine rings is 1. The number of carbonyl (C=O) groups excluding carboxylic acids is 1. The van der Waals surface area contributed by atoms with Crippen molar-refractivity contribution in [3.8, 4) is 5.88 Å². The lowest BCUT2D eigenvalue weighted by Crippen LogP contribution is -2.19. The van der Waals surface area contributed by atoms with E-state index in [2.05, 4.69) is 25.8 Å². The van der Waals surface area contributed by atoms with Gasteiger partial charge in [-0.3, -0.25) is 9.78 Å². The Morgan fingerprint density at radius 2 is 1.97 bits per heavy atom. The molecule has 170 valence electrons. The maximum atomic E-state index is 11.7. The second-order valence-electron chi connectivity index (χ2n) is 6.30. The molecule has 3 heterocycles. The number of nitrogens with zero attached hydrogens (tertiary/aromatic N) is 4. The summed E-state index contributed by atoms with van der Waals surface area (Å²) < 4.78 is 11.3. The van der Waals surface area contributed by atoms with E-state index in [1.807, 2.05) is 12.1 Å². The first kappa shape index (κ1) is 23.2. The Labute approximate surface area is 191 Å². The molecule has 0 aliphatic heterocycles. The molecule has 4 rings (SSSR count). The number of furan rings is 1. The van der Waals surface area contributed by atoms with E-state index in [0.717, 1.165) is 16.6 Å². The summed E-state index contributed by atoms with van der Waals surface area (Å²) in [5, 5.41) is 29.1. The number of hydrogen-bond donors (Lipinski definition) is 3. The Bertz CT molecular complexity index is 1260. The Balaban J connectivity index is 0.000000709. The molecule has 0 unspecified atom stereocenters. The minimum atomic E-state index is -1.50. The van der Waals surface area contributed by atoms with E-state index in [0.29, 0.717) is 22.1 Å². The molecule has 0 saturated carbocycles. The number of fused-ring (bicyclic) bond motifs is 1. The normalized spacial score (nSPS) is 10.1. The van der Waals surface area contributed by atoms with Crippen molar-refractivity contribution >= 4 is 40.0 Å². The average molecular weight is 473 g/mol. The first-order valence-corrected chi connectivity index (χ1v) is 9.64. The minimum absolute atomic E-state index is 0.182. The summed E-state index contributed by atoms with van der Waals surface area (Å²) in [5.74, 6) is 0.525. The molecule has 0 fully saturated rings. The number of ether oxygens (including phenoxy) is 1. The standard InChI is InChI=1S/C20H16ClN5O3.HNO3/c1-22-19(27)16-10-12(6-8-23-16)11-29-20-17-15(7-9-28-17)18(25-26-20)24-14-4-2-13(21)3-5-14;2-1(3)4/h2-10H,11H2,1H3,(H,22,27)(H,24,25);(H,2,3,4). The highest BCUT2D eigenvalue weighted by atomic mass is 35.5. The Kier molecular flexibility index (Phi) is 7.55. The van der Waals surface area contributed by atoms with Crippen molar-refractivity contribution in [2.45, 2.75) is 6.61 Å². The van der Waals surface area contributed by atoms with Crippen molar-refractivity contribution in [3.05, 3.63) is 81.3 Å². The molecule has 0 atom stereocenters. The van der Waals surface area contributed by atoms with Gasteiger partial charge in [0.05, 0.1) is 11.6 Å². The molecule has 13 heteroatoms. The van der Waals surface area contributed by atoms with Crippen LogP contribution in [-0.4, -0.2) is 38.4 Å². The van der Waals surface area contributed by atoms with Crippen LogP contribution in [0.2, 0.25) is 5.02 Å². The van der Waals surface area contributed by atoms with Crippen LogP contribution in [0.1, 0.15) is 16.1 Å². The van der Waals surface area contributed by atoms with E-state index in [1.54, 1.807) is 49.8 Å². The van der Waals surface area contributed by atoms with Crippen molar-refractivity contribution in [1.82, 2.24) is 20.5 Å². The third kappa shape index (κ3) is 6.27. The van der Waals surface area contributed by atoms with Crippen LogP contribution >= 0.6 is 11.6 Å². The monoisotopic (exact) mass is 472 g/mol. The first-order valence-electron chi connectivity index (χ1n) is 9.27. The third-order valence-electron chi connectivity index (χ3n) is 4.12. The lowest BCUT2D eigenvalue weighted by Gasteiger charge is -2.09. The highest BCUT2D eigenvalue weighted by molar-refractivity contribution is 6.30. The van der Waals surface area contributed by atoms with Gasteiger partial charge in [-0.1, -0.05) is 11.6 Å². The van der Waals surface area contributed by atoms with Gasteiger partial charge >= 0.3 is 0 Å². The molecule has 0 saturated heterocycles. The maximum Gasteiger partial charge on any atom is 0.291 e. The van der Waals surface area contributed by atoms with Gasteiger partial charge in [0.25, 0.3) is 16.9 Å². The summed E-state index contributed by atoms with van der Waals surface area (Å²) in [6.45, 7) is 0.182. The van der Waals surface area contributed by atoms with Crippen LogP contribution in [-0.2, 0) is 6.61 Å². The summed E-state index contributed by atoms with van der Waals surface area (Å²) in [6.07, 6.45) is 3.10. The molecule has 0 aliphatic rings. The van der Waals surface area contributed by atoms with E-state index in [-0.39, 0.29) is 18.4 Å². The van der Waals surface area contributed by atoms with Gasteiger partial charge in [-0.05, 0) is 48.0 Å². The average Bonchev–Trinajstić information content (AvgIpc) is 3.30. The van der Waals surface area contributed by atoms with Crippen molar-refractivity contribution in [2.75, 3.05) is 12.4 Å². The van der Waals surface area contributed by atoms with Crippen LogP contribution < -0.4 is 15.4 Å². The van der Waals surface area contributed by atoms with Crippen LogP contribution in [0.4, 0.5) is 11.5 Å². The minimum Gasteiger partial charge on any atom is -0.469 e. The number of amides is 1. The Morgan fingerprint density at radius 1 is 1.24 bits per heavy atom. The number of hydrogen-bond acceptors (Lipinski definition) is 9. The molecule has 0 radical (unpaired) electrons. The molecule has 0 spiro atoms. The van der Waals surface area contributed by atoms with Crippen molar-refractivity contribution in [2.24, 2.45) is 0 Å². The number of rotatable bonds is 6. The Hall–Kier alpha value is -4.45. The highest BCUT2D eigenvalue weighted by Crippen LogP contribution is 2.31. The summed E-state index contributed by atoms with van der Waals surface area (Å²) in [5.41, 5.74) is 2.37. The van der Waals surface area contributed by atoms with Gasteiger partial charge in [0.1, 0.15) is 12.3 Å². The molecule has 1 aromatic carbocycles. The summed E-state index contributed by atoms with van der Waals surface area (Å²) in [7, 11) is 1.55. The second kappa shape index (κ2) is 10.7. The lowest BCUT2D eigenvalue weighted by atomic mass is 10.2. The fourth-order valence-corrected chi connectivity index (χ4v) is 2.81. The smallest absolute Gasteiger partial charge is 0.291 e. The number of carbonyl (C=O) groups is 1. The molecular weight excluding hydrogens is 456 g/mol. The topological polar surface area (TPSA) is 166 Å². The van der Waals surface area contributed by atoms with E-state index in [4.69, 9.17) is 36.1 Å². The van der Waals surface area contributed by atoms with Gasteiger partial charge in [0.2, 0.25) is 5.58 Å². The number of aromatic nitrogens is 3. The number of nitrogens with one attached hydrogen (secondary N) is 2. The molecule has 0 bridgehead atoms. The largest absolute Gasteiger partial charge is 0.469 e. The summed E-state index contributed by atoms with van der Waals surface area (Å²) in [4.78, 5) is 24.1. The summed E-state index contributed by atoms with van der Waals surface area (Å²) >= 11 is 5.92. The molecule has 0 aliphatic carbocycles. The van der Waals surface area contributed by atoms with Gasteiger partial charge in [-0.25, -0.2) is 0 Å². The van der Waals surface area contributed by atoms with E-state index < -0.39 is 5.09 Å². The van der Waals surface area contributed by atoms with Crippen LogP contribution in [0, 0.1) is 10.1 Å². The lowest BCUT2D eigenvalue weighted by molar-refractivity contribution is -0.742. The molecule has 3 N–H and O–H groups in total. The fraction of sp³-hybridized carbons (Fsp3) is 0.100. The van der Waals surface area contributed by atoms with Gasteiger partial charge in [0.15, 0.2) is 5.82 Å². The van der Waals surface area contributed by atoms with Crippen molar-refractivity contribution in [3.63, 3.8) is 0 Å². The quantitative estimate of drug-likeness (QED) is 0.278. The molecular formula is C20H17ClN6O6. The zero-order valence-corrected chi connectivity index (χ0v) is 17.8. The maximum absolute atomic E-state index is 11.7. The molecule has 12 nitrogen and oxygen atoms in total. The highest BCUT2D eigenvalue weighted by Gasteiger charge is 2.14. The summed E-state index contributed by atoms with van der Waals surface area (Å²) in [6, 6.07) is 12.4. The number of halogens is 1. The zero-order chi connectivity index (χ0) is 23.8. The number of anilines is 2. The van der Waals surface area contributed by atoms with E-state index >= 15 is 0 Å². The van der Waals surface area contributed by atoms with Gasteiger partial charge in [0, 0.05) is 24.0 Å². The molecule has 3 aromatic heterocycles. The van der Waals surface area contributed by atoms with Crippen LogP contribution in [0.5, 0.6) is 5.88 Å². The van der Waals surface area contributed by atoms with Crippen molar-refractivity contribution in [1.29, 1.82) is 0 Å². The van der Waals surface area contributed by atoms with E-state index in [9.17, 15) is 4.79 Å². The predicted octanol–water partition coefficient (Wildman–Crippen LogP) is 3.61. The third-order valence-corrected chi connectivity index (χ3v) is 4.37. The van der Waals surface area contributed by atoms with Crippen LogP contribution in [0.15, 0.2) is 59.3 Å². The fourth-order valence-electron chi connectivity index (χ4n) is 2.68. The van der Waals surface area contributed by atoms with Crippen LogP contribution in [0.25, 0.3) is 11.0 Å². The number of benzene rings is 1. The molecule has 4 aromatic rings. The Morgan fingerprint density at radius 3 is 2.67 bits per heavy atom. The van der Waals surface area contributed by atoms with Gasteiger partial charge in [-0.2, -0.15) is 0 Å². The van der Waals surface area contributed by atoms with Gasteiger partial charge < -0.3 is 25.0 Å². The van der Waals surface area contributed by atoms with Crippen molar-refractivity contribution < 1.29 is 24.2 Å². The van der Waals surface area contributed by atoms with Crippen LogP contribution in [0.3, 0.4) is 0 Å². The predicted molar refractivity (Wildman–Crippen MR) is 117 cm³/mol. The SMILES string of the molecule is CNC(=O)c1cc(COc2nnc(Nc3ccc(Cl)cc3)c3ccoc23)ccn1.O=[N+]([O-])O. The van der Waals surface area contributed by atoms with Gasteiger partial charge in [-0.15, -0.1) is 20.3 Å².